The van der Waals surface area contributed by atoms with E-state index < -0.39 is 0 Å². The summed E-state index contributed by atoms with van der Waals surface area (Å²) in [5.74, 6) is 1.59. The van der Waals surface area contributed by atoms with Gasteiger partial charge in [-0.05, 0) is 58.2 Å². The van der Waals surface area contributed by atoms with Crippen molar-refractivity contribution in [2.45, 2.75) is 19.5 Å². The molecular weight excluding hydrogens is 398 g/mol. The van der Waals surface area contributed by atoms with Crippen LogP contribution in [-0.2, 0) is 6.54 Å². The summed E-state index contributed by atoms with van der Waals surface area (Å²) in [6.07, 6.45) is 0. The minimum atomic E-state index is 0.270. The fourth-order valence-electron chi connectivity index (χ4n) is 2.29. The van der Waals surface area contributed by atoms with Gasteiger partial charge in [0.05, 0.1) is 4.47 Å². The lowest BCUT2D eigenvalue weighted by Gasteiger charge is -2.15. The number of halogens is 2. The first kappa shape index (κ1) is 14.9. The SMILES string of the molecule is CC(NCc1cc(Br)c2c(c1)OCO2)c1cccc(Br)c1. The van der Waals surface area contributed by atoms with Crippen molar-refractivity contribution in [3.05, 3.63) is 56.5 Å². The van der Waals surface area contributed by atoms with Crippen LogP contribution in [0, 0.1) is 0 Å². The second kappa shape index (κ2) is 6.38. The lowest BCUT2D eigenvalue weighted by atomic mass is 10.1. The highest BCUT2D eigenvalue weighted by atomic mass is 79.9. The molecule has 3 rings (SSSR count). The Labute approximate surface area is 140 Å². The molecule has 0 saturated heterocycles. The van der Waals surface area contributed by atoms with E-state index >= 15 is 0 Å². The van der Waals surface area contributed by atoms with Gasteiger partial charge in [0.25, 0.3) is 0 Å². The van der Waals surface area contributed by atoms with Crippen molar-refractivity contribution in [1.82, 2.24) is 5.32 Å². The molecule has 1 atom stereocenters. The van der Waals surface area contributed by atoms with Crippen LogP contribution in [0.5, 0.6) is 11.5 Å². The minimum absolute atomic E-state index is 0.270. The van der Waals surface area contributed by atoms with E-state index in [4.69, 9.17) is 9.47 Å². The number of benzene rings is 2. The molecule has 0 saturated carbocycles. The van der Waals surface area contributed by atoms with Gasteiger partial charge in [-0.1, -0.05) is 28.1 Å². The molecule has 1 unspecified atom stereocenters. The van der Waals surface area contributed by atoms with E-state index in [-0.39, 0.29) is 6.04 Å². The van der Waals surface area contributed by atoms with Crippen molar-refractivity contribution in [2.24, 2.45) is 0 Å². The molecule has 0 radical (unpaired) electrons. The van der Waals surface area contributed by atoms with E-state index in [2.05, 4.69) is 68.4 Å². The van der Waals surface area contributed by atoms with Gasteiger partial charge in [-0.15, -0.1) is 0 Å². The Morgan fingerprint density at radius 3 is 2.86 bits per heavy atom. The van der Waals surface area contributed by atoms with Crippen LogP contribution in [-0.4, -0.2) is 6.79 Å². The first-order chi connectivity index (χ1) is 10.1. The third-order valence-corrected chi connectivity index (χ3v) is 4.53. The quantitative estimate of drug-likeness (QED) is 0.782. The number of hydrogen-bond acceptors (Lipinski definition) is 3. The third-order valence-electron chi connectivity index (χ3n) is 3.45. The molecule has 1 aliphatic heterocycles. The summed E-state index contributed by atoms with van der Waals surface area (Å²) in [6.45, 7) is 3.21. The normalized spacial score (nSPS) is 14.2. The predicted molar refractivity (Wildman–Crippen MR) is 89.7 cm³/mol. The van der Waals surface area contributed by atoms with Crippen molar-refractivity contribution < 1.29 is 9.47 Å². The van der Waals surface area contributed by atoms with E-state index in [0.717, 1.165) is 32.6 Å². The van der Waals surface area contributed by atoms with Crippen molar-refractivity contribution in [3.8, 4) is 11.5 Å². The van der Waals surface area contributed by atoms with Crippen molar-refractivity contribution in [1.29, 1.82) is 0 Å². The Hall–Kier alpha value is -1.04. The lowest BCUT2D eigenvalue weighted by molar-refractivity contribution is 0.173. The zero-order chi connectivity index (χ0) is 14.8. The van der Waals surface area contributed by atoms with E-state index in [9.17, 15) is 0 Å². The second-order valence-corrected chi connectivity index (χ2v) is 6.74. The summed E-state index contributed by atoms with van der Waals surface area (Å²) in [7, 11) is 0. The molecule has 0 bridgehead atoms. The Morgan fingerprint density at radius 1 is 1.19 bits per heavy atom. The van der Waals surface area contributed by atoms with Crippen LogP contribution in [0.1, 0.15) is 24.1 Å². The van der Waals surface area contributed by atoms with E-state index in [1.165, 1.54) is 5.56 Å². The number of hydrogen-bond donors (Lipinski definition) is 1. The van der Waals surface area contributed by atoms with Gasteiger partial charge in [-0.3, -0.25) is 0 Å². The maximum atomic E-state index is 5.44. The van der Waals surface area contributed by atoms with E-state index in [1.54, 1.807) is 0 Å². The van der Waals surface area contributed by atoms with Gasteiger partial charge in [0.2, 0.25) is 6.79 Å². The molecule has 0 aromatic heterocycles. The topological polar surface area (TPSA) is 30.5 Å². The predicted octanol–water partition coefficient (Wildman–Crippen LogP) is 4.79. The van der Waals surface area contributed by atoms with Gasteiger partial charge in [0.1, 0.15) is 0 Å². The summed E-state index contributed by atoms with van der Waals surface area (Å²) >= 11 is 7.03. The number of fused-ring (bicyclic) bond motifs is 1. The molecule has 2 aromatic carbocycles. The summed E-state index contributed by atoms with van der Waals surface area (Å²) in [5.41, 5.74) is 2.41. The molecule has 5 heteroatoms. The number of rotatable bonds is 4. The molecule has 0 fully saturated rings. The average molecular weight is 413 g/mol. The molecule has 0 spiro atoms. The minimum Gasteiger partial charge on any atom is -0.454 e. The molecule has 0 aliphatic carbocycles. The van der Waals surface area contributed by atoms with Crippen LogP contribution in [0.25, 0.3) is 0 Å². The summed E-state index contributed by atoms with van der Waals surface area (Å²) in [4.78, 5) is 0. The molecule has 1 aliphatic rings. The number of ether oxygens (including phenoxy) is 2. The monoisotopic (exact) mass is 411 g/mol. The highest BCUT2D eigenvalue weighted by molar-refractivity contribution is 9.10. The maximum absolute atomic E-state index is 5.44. The highest BCUT2D eigenvalue weighted by Crippen LogP contribution is 2.40. The zero-order valence-corrected chi connectivity index (χ0v) is 14.7. The molecule has 3 nitrogen and oxygen atoms in total. The molecule has 21 heavy (non-hydrogen) atoms. The van der Waals surface area contributed by atoms with Gasteiger partial charge in [0.15, 0.2) is 11.5 Å². The van der Waals surface area contributed by atoms with Crippen LogP contribution in [0.15, 0.2) is 45.3 Å². The molecule has 1 N–H and O–H groups in total. The van der Waals surface area contributed by atoms with Crippen LogP contribution in [0.3, 0.4) is 0 Å². The molecule has 1 heterocycles. The zero-order valence-electron chi connectivity index (χ0n) is 11.5. The van der Waals surface area contributed by atoms with Gasteiger partial charge in [0, 0.05) is 17.1 Å². The van der Waals surface area contributed by atoms with Gasteiger partial charge >= 0.3 is 0 Å². The Balaban J connectivity index is 1.69. The fourth-order valence-corrected chi connectivity index (χ4v) is 3.31. The van der Waals surface area contributed by atoms with Crippen LogP contribution >= 0.6 is 31.9 Å². The molecule has 2 aromatic rings. The summed E-state index contributed by atoms with van der Waals surface area (Å²) in [5, 5.41) is 3.52. The smallest absolute Gasteiger partial charge is 0.231 e. The van der Waals surface area contributed by atoms with E-state index in [0.29, 0.717) is 6.79 Å². The summed E-state index contributed by atoms with van der Waals surface area (Å²) in [6, 6.07) is 12.7. The fraction of sp³-hybridized carbons (Fsp3) is 0.250. The first-order valence-corrected chi connectivity index (χ1v) is 8.29. The van der Waals surface area contributed by atoms with Crippen LogP contribution in [0.4, 0.5) is 0 Å². The largest absolute Gasteiger partial charge is 0.454 e. The van der Waals surface area contributed by atoms with Crippen LogP contribution in [0.2, 0.25) is 0 Å². The lowest BCUT2D eigenvalue weighted by Crippen LogP contribution is -2.18. The average Bonchev–Trinajstić information content (AvgIpc) is 2.93. The Kier molecular flexibility index (Phi) is 4.52. The first-order valence-electron chi connectivity index (χ1n) is 6.70. The van der Waals surface area contributed by atoms with Crippen molar-refractivity contribution >= 4 is 31.9 Å². The van der Waals surface area contributed by atoms with Crippen LogP contribution < -0.4 is 14.8 Å². The molecular formula is C16H15Br2NO2. The molecule has 110 valence electrons. The Morgan fingerprint density at radius 2 is 2.05 bits per heavy atom. The highest BCUT2D eigenvalue weighted by Gasteiger charge is 2.18. The second-order valence-electron chi connectivity index (χ2n) is 4.97. The standard InChI is InChI=1S/C16H15Br2NO2/c1-10(12-3-2-4-13(17)7-12)19-8-11-5-14(18)16-15(6-11)20-9-21-16/h2-7,10,19H,8-9H2,1H3. The van der Waals surface area contributed by atoms with E-state index in [1.807, 2.05) is 12.1 Å². The third kappa shape index (κ3) is 3.42. The number of nitrogens with one attached hydrogen (secondary N) is 1. The Bertz CT molecular complexity index is 661. The molecule has 0 amide bonds. The van der Waals surface area contributed by atoms with Crippen molar-refractivity contribution in [3.63, 3.8) is 0 Å². The summed E-state index contributed by atoms with van der Waals surface area (Å²) < 4.78 is 12.9. The van der Waals surface area contributed by atoms with Gasteiger partial charge in [-0.25, -0.2) is 0 Å². The van der Waals surface area contributed by atoms with Gasteiger partial charge < -0.3 is 14.8 Å². The van der Waals surface area contributed by atoms with Gasteiger partial charge in [-0.2, -0.15) is 0 Å². The maximum Gasteiger partial charge on any atom is 0.231 e. The van der Waals surface area contributed by atoms with Crippen molar-refractivity contribution in [2.75, 3.05) is 6.79 Å².